The smallest absolute Gasteiger partial charge is 0.176 e. The number of phenols is 4. The Morgan fingerprint density at radius 3 is 1.38 bits per heavy atom. The van der Waals surface area contributed by atoms with Gasteiger partial charge in [0.05, 0.1) is 11.1 Å². The van der Waals surface area contributed by atoms with E-state index in [4.69, 9.17) is 9.47 Å². The molecule has 6 aromatic carbocycles. The molecule has 8 rings (SSSR count). The molecule has 0 saturated heterocycles. The molecule has 0 aromatic heterocycles. The van der Waals surface area contributed by atoms with Gasteiger partial charge in [0.1, 0.15) is 59.8 Å². The van der Waals surface area contributed by atoms with E-state index in [0.29, 0.717) is 39.3 Å². The minimum atomic E-state index is -1.16. The molecule has 0 fully saturated rings. The summed E-state index contributed by atoms with van der Waals surface area (Å²) in [7, 11) is 3.79. The largest absolute Gasteiger partial charge is 0.508 e. The summed E-state index contributed by atoms with van der Waals surface area (Å²) in [6.45, 7) is 2.97. The monoisotopic (exact) mass is 806 g/mol. The van der Waals surface area contributed by atoms with Crippen LogP contribution in [-0.2, 0) is 57.3 Å². The lowest BCUT2D eigenvalue weighted by Crippen LogP contribution is -2.39. The number of ether oxygens (including phenoxy) is 2. The van der Waals surface area contributed by atoms with Crippen LogP contribution >= 0.6 is 0 Å². The number of hydrogen-bond donors (Lipinski definition) is 6. The van der Waals surface area contributed by atoms with E-state index < -0.39 is 12.1 Å². The molecule has 0 radical (unpaired) electrons. The highest BCUT2D eigenvalue weighted by atomic mass is 16.5. The lowest BCUT2D eigenvalue weighted by atomic mass is 9.89. The van der Waals surface area contributed by atoms with Gasteiger partial charge in [-0.25, -0.2) is 0 Å². The number of carbonyl (C=O) groups is 1. The number of nitrogens with zero attached hydrogens (tertiary/aromatic N) is 2. The zero-order valence-corrected chi connectivity index (χ0v) is 33.8. The number of nitrogens with one attached hydrogen (secondary N) is 2. The zero-order valence-electron chi connectivity index (χ0n) is 33.8. The van der Waals surface area contributed by atoms with Crippen LogP contribution in [0.5, 0.6) is 34.5 Å². The van der Waals surface area contributed by atoms with Gasteiger partial charge < -0.3 is 40.5 Å². The van der Waals surface area contributed by atoms with Crippen molar-refractivity contribution in [3.8, 4) is 34.5 Å². The second-order valence-corrected chi connectivity index (χ2v) is 15.5. The number of phenolic OH excluding ortho intramolecular Hbond substituents is 4. The predicted molar refractivity (Wildman–Crippen MR) is 228 cm³/mol. The van der Waals surface area contributed by atoms with Gasteiger partial charge in [-0.15, -0.1) is 0 Å². The molecule has 6 N–H and O–H groups in total. The van der Waals surface area contributed by atoms with Crippen LogP contribution in [0.2, 0.25) is 0 Å². The summed E-state index contributed by atoms with van der Waals surface area (Å²) >= 11 is 0. The Labute approximate surface area is 350 Å². The van der Waals surface area contributed by atoms with Gasteiger partial charge in [0, 0.05) is 63.5 Å². The highest BCUT2D eigenvalue weighted by molar-refractivity contribution is 5.94. The molecule has 2 aliphatic rings. The van der Waals surface area contributed by atoms with E-state index in [1.54, 1.807) is 0 Å². The number of fused-ring (bicyclic) bond motifs is 2. The summed E-state index contributed by atoms with van der Waals surface area (Å²) in [5.74, 6) is -1.12. The Hall–Kier alpha value is -6.37. The highest BCUT2D eigenvalue weighted by Gasteiger charge is 2.45. The Morgan fingerprint density at radius 1 is 0.567 bits per heavy atom. The van der Waals surface area contributed by atoms with E-state index in [1.165, 1.54) is 24.3 Å². The summed E-state index contributed by atoms with van der Waals surface area (Å²) in [5.41, 5.74) is 8.55. The Balaban J connectivity index is 1.30. The van der Waals surface area contributed by atoms with Crippen LogP contribution in [0.4, 0.5) is 0 Å². The predicted octanol–water partition coefficient (Wildman–Crippen LogP) is 7.49. The summed E-state index contributed by atoms with van der Waals surface area (Å²) in [6.07, 6.45) is 0. The highest BCUT2D eigenvalue weighted by Crippen LogP contribution is 2.50. The van der Waals surface area contributed by atoms with Gasteiger partial charge in [0.15, 0.2) is 5.78 Å². The molecule has 11 nitrogen and oxygen atoms in total. The standard InChI is InChI=1S/C49H50N4O7/c1-50-23-33-15-9-17-35-25-52(27-39(33)35)47(45-41(56)19-37(54)21-43(45)59-29-31-11-5-3-6-12-31)49(58)48(53-26-36-18-10-16-34(24-51-2)40(36)28-53)46-42(57)20-38(55)22-44(46)60-30-32-13-7-4-8-14-32/h3-22,47-48,50-51,54-57H,23-30H2,1-2H3. The Bertz CT molecular complexity index is 2310. The topological polar surface area (TPSA) is 147 Å². The molecule has 0 bridgehead atoms. The third-order valence-corrected chi connectivity index (χ3v) is 11.4. The SMILES string of the molecule is CNCc1cccc2c1CN(C(C(=O)C(c1c(O)cc(O)cc1OCc1ccccc1)N1Cc3cccc(CNC)c3C1)c1c(O)cc(O)cc1OCc1ccccc1)C2. The van der Waals surface area contributed by atoms with Crippen LogP contribution < -0.4 is 20.1 Å². The molecule has 308 valence electrons. The fraction of sp³-hybridized carbons (Fsp3) is 0.245. The number of hydrogen-bond acceptors (Lipinski definition) is 11. The maximum atomic E-state index is 16.3. The van der Waals surface area contributed by atoms with E-state index in [2.05, 4.69) is 34.9 Å². The number of Topliss-reactive ketones (excluding diaryl/α,β-unsaturated/α-hetero) is 1. The number of benzene rings is 6. The van der Waals surface area contributed by atoms with Crippen LogP contribution in [0, 0.1) is 0 Å². The number of carbonyl (C=O) groups excluding carboxylic acids is 1. The summed E-state index contributed by atoms with van der Waals surface area (Å²) < 4.78 is 12.9. The molecule has 2 heterocycles. The van der Waals surface area contributed by atoms with E-state index >= 15 is 4.79 Å². The third kappa shape index (κ3) is 8.39. The zero-order chi connectivity index (χ0) is 41.8. The molecular formula is C49H50N4O7. The van der Waals surface area contributed by atoms with E-state index in [-0.39, 0.29) is 64.6 Å². The molecular weight excluding hydrogens is 757 g/mol. The van der Waals surface area contributed by atoms with Crippen molar-refractivity contribution in [1.82, 2.24) is 20.4 Å². The fourth-order valence-corrected chi connectivity index (χ4v) is 8.72. The number of ketones is 1. The van der Waals surface area contributed by atoms with Crippen molar-refractivity contribution in [2.24, 2.45) is 0 Å². The Kier molecular flexibility index (Phi) is 12.0. The lowest BCUT2D eigenvalue weighted by Gasteiger charge is -2.36. The number of aromatic hydroxyl groups is 4. The van der Waals surface area contributed by atoms with Crippen LogP contribution in [0.25, 0.3) is 0 Å². The molecule has 0 amide bonds. The van der Waals surface area contributed by atoms with Crippen LogP contribution in [0.1, 0.15) is 67.7 Å². The average Bonchev–Trinajstić information content (AvgIpc) is 3.88. The van der Waals surface area contributed by atoms with Gasteiger partial charge in [-0.05, 0) is 58.6 Å². The molecule has 6 aromatic rings. The molecule has 2 atom stereocenters. The second-order valence-electron chi connectivity index (χ2n) is 15.5. The third-order valence-electron chi connectivity index (χ3n) is 11.4. The molecule has 0 spiro atoms. The van der Waals surface area contributed by atoms with Crippen molar-refractivity contribution in [3.05, 3.63) is 177 Å². The maximum absolute atomic E-state index is 16.3. The molecule has 0 aliphatic carbocycles. The van der Waals surface area contributed by atoms with Crippen molar-refractivity contribution >= 4 is 5.78 Å². The first-order valence-corrected chi connectivity index (χ1v) is 20.2. The van der Waals surface area contributed by atoms with Crippen molar-refractivity contribution in [1.29, 1.82) is 0 Å². The normalized spacial score (nSPS) is 14.7. The molecule has 0 saturated carbocycles. The van der Waals surface area contributed by atoms with Crippen molar-refractivity contribution in [3.63, 3.8) is 0 Å². The first-order valence-electron chi connectivity index (χ1n) is 20.2. The molecule has 60 heavy (non-hydrogen) atoms. The second kappa shape index (κ2) is 17.9. The fourth-order valence-electron chi connectivity index (χ4n) is 8.72. The molecule has 2 aliphatic heterocycles. The summed E-state index contributed by atoms with van der Waals surface area (Å²) in [6, 6.07) is 34.4. The average molecular weight is 807 g/mol. The van der Waals surface area contributed by atoms with Crippen molar-refractivity contribution in [2.45, 2.75) is 64.6 Å². The van der Waals surface area contributed by atoms with Gasteiger partial charge in [-0.1, -0.05) is 97.1 Å². The van der Waals surface area contributed by atoms with Crippen LogP contribution in [0.3, 0.4) is 0 Å². The van der Waals surface area contributed by atoms with Gasteiger partial charge in [0.2, 0.25) is 0 Å². The van der Waals surface area contributed by atoms with Gasteiger partial charge in [-0.3, -0.25) is 14.6 Å². The van der Waals surface area contributed by atoms with E-state index in [1.807, 2.05) is 96.7 Å². The van der Waals surface area contributed by atoms with Crippen molar-refractivity contribution in [2.75, 3.05) is 14.1 Å². The quantitative estimate of drug-likeness (QED) is 0.0579. The Morgan fingerprint density at radius 2 is 0.983 bits per heavy atom. The maximum Gasteiger partial charge on any atom is 0.176 e. The minimum Gasteiger partial charge on any atom is -0.508 e. The molecule has 2 unspecified atom stereocenters. The summed E-state index contributed by atoms with van der Waals surface area (Å²) in [4.78, 5) is 20.4. The first kappa shape index (κ1) is 40.4. The van der Waals surface area contributed by atoms with Crippen LogP contribution in [0.15, 0.2) is 121 Å². The summed E-state index contributed by atoms with van der Waals surface area (Å²) in [5, 5.41) is 52.2. The minimum absolute atomic E-state index is 0.111. The van der Waals surface area contributed by atoms with E-state index in [9.17, 15) is 20.4 Å². The van der Waals surface area contributed by atoms with Gasteiger partial charge >= 0.3 is 0 Å². The van der Waals surface area contributed by atoms with Crippen LogP contribution in [-0.4, -0.2) is 50.1 Å². The van der Waals surface area contributed by atoms with Gasteiger partial charge in [-0.2, -0.15) is 0 Å². The van der Waals surface area contributed by atoms with Crippen molar-refractivity contribution < 1.29 is 34.7 Å². The number of rotatable bonds is 16. The lowest BCUT2D eigenvalue weighted by molar-refractivity contribution is -0.131. The van der Waals surface area contributed by atoms with Gasteiger partial charge in [0.25, 0.3) is 0 Å². The first-order chi connectivity index (χ1) is 29.2. The van der Waals surface area contributed by atoms with E-state index in [0.717, 1.165) is 44.5 Å². The molecule has 11 heteroatoms.